The Morgan fingerprint density at radius 3 is 2.23 bits per heavy atom. The summed E-state index contributed by atoms with van der Waals surface area (Å²) in [6.45, 7) is 1.82. The highest BCUT2D eigenvalue weighted by Gasteiger charge is 2.33. The Balaban J connectivity index is 2.32. The van der Waals surface area contributed by atoms with E-state index in [-0.39, 0.29) is 34.1 Å². The number of rotatable bonds is 5. The maximum absolute atomic E-state index is 13.3. The summed E-state index contributed by atoms with van der Waals surface area (Å²) in [7, 11) is -3.74. The largest absolute Gasteiger partial charge is 0.493 e. The minimum Gasteiger partial charge on any atom is -0.493 e. The molecular formula is C21H17F4NO3S. The van der Waals surface area contributed by atoms with Crippen LogP contribution in [0.5, 0.6) is 5.75 Å². The fourth-order valence-electron chi connectivity index (χ4n) is 2.94. The number of alkyl halides is 3. The van der Waals surface area contributed by atoms with Crippen LogP contribution >= 0.6 is 0 Å². The smallest absolute Gasteiger partial charge is 0.433 e. The van der Waals surface area contributed by atoms with Gasteiger partial charge in [-0.15, -0.1) is 0 Å². The normalized spacial score (nSPS) is 12.1. The van der Waals surface area contributed by atoms with Gasteiger partial charge in [0.1, 0.15) is 17.3 Å². The van der Waals surface area contributed by atoms with Crippen LogP contribution in [0.2, 0.25) is 0 Å². The first-order valence-electron chi connectivity index (χ1n) is 8.82. The van der Waals surface area contributed by atoms with Gasteiger partial charge in [0.15, 0.2) is 9.84 Å². The predicted molar refractivity (Wildman–Crippen MR) is 104 cm³/mol. The molecule has 0 atom stereocenters. The molecule has 30 heavy (non-hydrogen) atoms. The van der Waals surface area contributed by atoms with Crippen molar-refractivity contribution in [2.45, 2.75) is 18.0 Å². The van der Waals surface area contributed by atoms with Gasteiger partial charge >= 0.3 is 6.18 Å². The summed E-state index contributed by atoms with van der Waals surface area (Å²) in [6, 6.07) is 11.2. The van der Waals surface area contributed by atoms with Gasteiger partial charge in [-0.2, -0.15) is 13.2 Å². The second-order valence-corrected chi connectivity index (χ2v) is 8.45. The third-order valence-corrected chi connectivity index (χ3v) is 5.39. The van der Waals surface area contributed by atoms with Crippen LogP contribution in [-0.4, -0.2) is 26.3 Å². The van der Waals surface area contributed by atoms with Crippen molar-refractivity contribution < 1.29 is 30.7 Å². The lowest BCUT2D eigenvalue weighted by atomic mass is 10.00. The van der Waals surface area contributed by atoms with Gasteiger partial charge in [0.05, 0.1) is 17.2 Å². The monoisotopic (exact) mass is 439 g/mol. The van der Waals surface area contributed by atoms with Crippen LogP contribution in [0.4, 0.5) is 17.6 Å². The number of halogens is 4. The number of aromatic nitrogens is 1. The number of benzene rings is 2. The highest BCUT2D eigenvalue weighted by molar-refractivity contribution is 7.90. The molecule has 158 valence electrons. The van der Waals surface area contributed by atoms with Crippen molar-refractivity contribution in [3.8, 4) is 28.1 Å². The van der Waals surface area contributed by atoms with E-state index in [0.717, 1.165) is 12.3 Å². The third-order valence-electron chi connectivity index (χ3n) is 4.25. The minimum atomic E-state index is -4.64. The fourth-order valence-corrected chi connectivity index (χ4v) is 3.84. The van der Waals surface area contributed by atoms with Crippen molar-refractivity contribution in [3.63, 3.8) is 0 Å². The molecule has 0 N–H and O–H groups in total. The molecule has 0 unspecified atom stereocenters. The molecule has 4 nitrogen and oxygen atoms in total. The first-order chi connectivity index (χ1) is 14.0. The van der Waals surface area contributed by atoms with Gasteiger partial charge in [0, 0.05) is 23.4 Å². The molecular weight excluding hydrogens is 422 g/mol. The van der Waals surface area contributed by atoms with Crippen LogP contribution in [0, 0.1) is 5.82 Å². The van der Waals surface area contributed by atoms with E-state index in [9.17, 15) is 26.0 Å². The average Bonchev–Trinajstić information content (AvgIpc) is 2.67. The zero-order chi connectivity index (χ0) is 22.1. The van der Waals surface area contributed by atoms with Crippen molar-refractivity contribution in [2.24, 2.45) is 0 Å². The first kappa shape index (κ1) is 21.8. The van der Waals surface area contributed by atoms with E-state index in [1.165, 1.54) is 48.5 Å². The van der Waals surface area contributed by atoms with E-state index in [0.29, 0.717) is 5.56 Å². The first-order valence-corrected chi connectivity index (χ1v) is 10.7. The maximum atomic E-state index is 13.3. The second kappa shape index (κ2) is 8.06. The van der Waals surface area contributed by atoms with Gasteiger partial charge in [-0.3, -0.25) is 0 Å². The van der Waals surface area contributed by atoms with Crippen molar-refractivity contribution in [3.05, 3.63) is 66.1 Å². The van der Waals surface area contributed by atoms with Crippen LogP contribution in [0.25, 0.3) is 22.4 Å². The number of ether oxygens (including phenoxy) is 1. The van der Waals surface area contributed by atoms with Crippen molar-refractivity contribution in [1.29, 1.82) is 0 Å². The molecule has 0 saturated heterocycles. The summed E-state index contributed by atoms with van der Waals surface area (Å²) < 4.78 is 83.0. The standard InChI is InChI=1S/C21H17F4NO3S/c1-3-29-18-12-19(30(2,27)28)15(13-7-9-14(22)10-8-13)11-16(18)17-5-4-6-20(26-17)21(23,24)25/h4-12H,3H2,1-2H3. The molecule has 1 heterocycles. The van der Waals surface area contributed by atoms with Gasteiger partial charge < -0.3 is 4.74 Å². The van der Waals surface area contributed by atoms with Gasteiger partial charge in [0.25, 0.3) is 0 Å². The average molecular weight is 439 g/mol. The van der Waals surface area contributed by atoms with Crippen molar-refractivity contribution >= 4 is 9.84 Å². The molecule has 0 aliphatic heterocycles. The summed E-state index contributed by atoms with van der Waals surface area (Å²) in [5.74, 6) is -0.430. The molecule has 1 aromatic heterocycles. The van der Waals surface area contributed by atoms with E-state index in [1.807, 2.05) is 0 Å². The van der Waals surface area contributed by atoms with Crippen LogP contribution in [0.15, 0.2) is 59.5 Å². The molecule has 0 aliphatic rings. The number of hydrogen-bond acceptors (Lipinski definition) is 4. The van der Waals surface area contributed by atoms with E-state index in [1.54, 1.807) is 6.92 Å². The maximum Gasteiger partial charge on any atom is 0.433 e. The molecule has 0 aliphatic carbocycles. The van der Waals surface area contributed by atoms with Crippen LogP contribution in [-0.2, 0) is 16.0 Å². The molecule has 9 heteroatoms. The molecule has 0 amide bonds. The Labute approximate surface area is 171 Å². The Bertz CT molecular complexity index is 1170. The fraction of sp³-hybridized carbons (Fsp3) is 0.190. The minimum absolute atomic E-state index is 0.0308. The summed E-state index contributed by atoms with van der Waals surface area (Å²) in [4.78, 5) is 3.59. The lowest BCUT2D eigenvalue weighted by molar-refractivity contribution is -0.141. The number of hydrogen-bond donors (Lipinski definition) is 0. The SMILES string of the molecule is CCOc1cc(S(C)(=O)=O)c(-c2ccc(F)cc2)cc1-c1cccc(C(F)(F)F)n1. The lowest BCUT2D eigenvalue weighted by Crippen LogP contribution is -2.09. The molecule has 0 fully saturated rings. The quantitative estimate of drug-likeness (QED) is 0.501. The predicted octanol–water partition coefficient (Wildman–Crippen LogP) is 5.38. The van der Waals surface area contributed by atoms with Crippen molar-refractivity contribution in [2.75, 3.05) is 12.9 Å². The van der Waals surface area contributed by atoms with E-state index in [4.69, 9.17) is 4.74 Å². The summed E-state index contributed by atoms with van der Waals surface area (Å²) in [6.07, 6.45) is -3.64. The van der Waals surface area contributed by atoms with E-state index < -0.39 is 27.5 Å². The molecule has 0 saturated carbocycles. The Morgan fingerprint density at radius 2 is 1.67 bits per heavy atom. The van der Waals surface area contributed by atoms with Crippen LogP contribution in [0.1, 0.15) is 12.6 Å². The molecule has 0 radical (unpaired) electrons. The van der Waals surface area contributed by atoms with E-state index in [2.05, 4.69) is 4.98 Å². The van der Waals surface area contributed by atoms with E-state index >= 15 is 0 Å². The summed E-state index contributed by atoms with van der Waals surface area (Å²) in [5.41, 5.74) is -0.340. The molecule has 3 rings (SSSR count). The van der Waals surface area contributed by atoms with Gasteiger partial charge in [-0.05, 0) is 42.8 Å². The van der Waals surface area contributed by atoms with Gasteiger partial charge in [0.2, 0.25) is 0 Å². The summed E-state index contributed by atoms with van der Waals surface area (Å²) in [5, 5.41) is 0. The highest BCUT2D eigenvalue weighted by Crippen LogP contribution is 2.39. The van der Waals surface area contributed by atoms with Crippen LogP contribution < -0.4 is 4.74 Å². The molecule has 2 aromatic carbocycles. The highest BCUT2D eigenvalue weighted by atomic mass is 32.2. The number of pyridine rings is 1. The number of sulfone groups is 1. The summed E-state index contributed by atoms with van der Waals surface area (Å²) >= 11 is 0. The molecule has 0 bridgehead atoms. The Hall–Kier alpha value is -2.94. The number of nitrogens with zero attached hydrogens (tertiary/aromatic N) is 1. The Kier molecular flexibility index (Phi) is 5.85. The van der Waals surface area contributed by atoms with Crippen molar-refractivity contribution in [1.82, 2.24) is 4.98 Å². The van der Waals surface area contributed by atoms with Gasteiger partial charge in [-0.1, -0.05) is 18.2 Å². The van der Waals surface area contributed by atoms with Gasteiger partial charge in [-0.25, -0.2) is 17.8 Å². The topological polar surface area (TPSA) is 56.3 Å². The second-order valence-electron chi connectivity index (χ2n) is 6.46. The third kappa shape index (κ3) is 4.62. The Morgan fingerprint density at radius 1 is 1.00 bits per heavy atom. The molecule has 0 spiro atoms. The lowest BCUT2D eigenvalue weighted by Gasteiger charge is -2.17. The zero-order valence-corrected chi connectivity index (χ0v) is 16.8. The molecule has 3 aromatic rings. The van der Waals surface area contributed by atoms with Crippen LogP contribution in [0.3, 0.4) is 0 Å². The zero-order valence-electron chi connectivity index (χ0n) is 16.0.